The first-order valence-electron chi connectivity index (χ1n) is 4.58. The third-order valence-corrected chi connectivity index (χ3v) is 2.32. The van der Waals surface area contributed by atoms with Crippen LogP contribution in [-0.4, -0.2) is 15.2 Å². The summed E-state index contributed by atoms with van der Waals surface area (Å²) < 4.78 is 1.27. The van der Waals surface area contributed by atoms with Crippen molar-refractivity contribution in [2.24, 2.45) is 5.73 Å². The standard InChI is InChI=1S/C10H10N4OS/c11-10(15)12-9-6-8(13-14(9)16)7-4-2-1-3-5-7/h1-6,16H,(H3,11,12,15). The van der Waals surface area contributed by atoms with E-state index in [2.05, 4.69) is 23.2 Å². The number of rotatable bonds is 2. The van der Waals surface area contributed by atoms with Crippen molar-refractivity contribution in [2.75, 3.05) is 5.32 Å². The summed E-state index contributed by atoms with van der Waals surface area (Å²) in [6.07, 6.45) is 0. The molecular weight excluding hydrogens is 224 g/mol. The van der Waals surface area contributed by atoms with Gasteiger partial charge in [-0.05, 0) is 12.8 Å². The molecule has 1 aromatic carbocycles. The lowest BCUT2D eigenvalue weighted by Crippen LogP contribution is -2.20. The van der Waals surface area contributed by atoms with Gasteiger partial charge >= 0.3 is 6.03 Å². The number of nitrogens with two attached hydrogens (primary N) is 1. The number of hydrogen-bond donors (Lipinski definition) is 3. The van der Waals surface area contributed by atoms with Crippen LogP contribution in [0.2, 0.25) is 0 Å². The minimum absolute atomic E-state index is 0.440. The van der Waals surface area contributed by atoms with E-state index in [4.69, 9.17) is 5.73 Å². The van der Waals surface area contributed by atoms with Crippen molar-refractivity contribution in [2.45, 2.75) is 0 Å². The van der Waals surface area contributed by atoms with Crippen molar-refractivity contribution < 1.29 is 4.79 Å². The first kappa shape index (κ1) is 10.6. The number of primary amides is 1. The van der Waals surface area contributed by atoms with Crippen LogP contribution in [-0.2, 0) is 0 Å². The lowest BCUT2D eigenvalue weighted by Gasteiger charge is -1.97. The fourth-order valence-corrected chi connectivity index (χ4v) is 1.54. The minimum atomic E-state index is -0.644. The van der Waals surface area contributed by atoms with Gasteiger partial charge in [0.15, 0.2) is 0 Å². The summed E-state index contributed by atoms with van der Waals surface area (Å²) in [5.74, 6) is 0.440. The first-order valence-corrected chi connectivity index (χ1v) is 4.98. The van der Waals surface area contributed by atoms with Crippen molar-refractivity contribution in [3.05, 3.63) is 36.4 Å². The number of aromatic nitrogens is 2. The maximum atomic E-state index is 10.7. The summed E-state index contributed by atoms with van der Waals surface area (Å²) in [6, 6.07) is 10.6. The van der Waals surface area contributed by atoms with Gasteiger partial charge in [-0.15, -0.1) is 0 Å². The summed E-state index contributed by atoms with van der Waals surface area (Å²) >= 11 is 4.08. The molecule has 82 valence electrons. The van der Waals surface area contributed by atoms with Crippen LogP contribution in [0.15, 0.2) is 36.4 Å². The third-order valence-electron chi connectivity index (χ3n) is 2.01. The first-order chi connectivity index (χ1) is 7.66. The third kappa shape index (κ3) is 2.17. The predicted molar refractivity (Wildman–Crippen MR) is 65.3 cm³/mol. The normalized spacial score (nSPS) is 10.1. The highest BCUT2D eigenvalue weighted by atomic mass is 32.1. The van der Waals surface area contributed by atoms with Crippen LogP contribution in [0.3, 0.4) is 0 Å². The quantitative estimate of drug-likeness (QED) is 0.692. The molecule has 0 radical (unpaired) electrons. The Morgan fingerprint density at radius 3 is 2.69 bits per heavy atom. The molecule has 0 aliphatic heterocycles. The van der Waals surface area contributed by atoms with Gasteiger partial charge in [-0.3, -0.25) is 5.32 Å². The van der Waals surface area contributed by atoms with E-state index in [-0.39, 0.29) is 0 Å². The molecule has 2 aromatic rings. The molecule has 3 N–H and O–H groups in total. The number of nitrogens with zero attached hydrogens (tertiary/aromatic N) is 2. The monoisotopic (exact) mass is 234 g/mol. The van der Waals surface area contributed by atoms with Crippen molar-refractivity contribution in [1.29, 1.82) is 0 Å². The lowest BCUT2D eigenvalue weighted by atomic mass is 10.2. The number of anilines is 1. The van der Waals surface area contributed by atoms with E-state index in [0.717, 1.165) is 11.3 Å². The molecule has 2 rings (SSSR count). The Kier molecular flexibility index (Phi) is 2.82. The Morgan fingerprint density at radius 2 is 2.06 bits per heavy atom. The van der Waals surface area contributed by atoms with Gasteiger partial charge in [0.1, 0.15) is 5.82 Å². The van der Waals surface area contributed by atoms with Crippen LogP contribution >= 0.6 is 12.8 Å². The zero-order valence-electron chi connectivity index (χ0n) is 8.29. The molecule has 0 unspecified atom stereocenters. The molecule has 5 nitrogen and oxygen atoms in total. The van der Waals surface area contributed by atoms with Gasteiger partial charge in [0.25, 0.3) is 0 Å². The number of urea groups is 1. The van der Waals surface area contributed by atoms with Crippen molar-refractivity contribution in [3.63, 3.8) is 0 Å². The van der Waals surface area contributed by atoms with E-state index < -0.39 is 6.03 Å². The molecule has 6 heteroatoms. The maximum Gasteiger partial charge on any atom is 0.317 e. The second-order valence-corrected chi connectivity index (χ2v) is 3.54. The van der Waals surface area contributed by atoms with Gasteiger partial charge in [0.05, 0.1) is 5.69 Å². The Hall–Kier alpha value is -1.95. The highest BCUT2D eigenvalue weighted by molar-refractivity contribution is 7.78. The number of hydrogen-bond acceptors (Lipinski definition) is 3. The van der Waals surface area contributed by atoms with Crippen LogP contribution in [0.1, 0.15) is 0 Å². The lowest BCUT2D eigenvalue weighted by molar-refractivity contribution is 0.259. The Bertz CT molecular complexity index is 509. The molecule has 16 heavy (non-hydrogen) atoms. The van der Waals surface area contributed by atoms with Crippen LogP contribution in [0.5, 0.6) is 0 Å². The number of nitrogens with one attached hydrogen (secondary N) is 1. The maximum absolute atomic E-state index is 10.7. The molecule has 1 aromatic heterocycles. The molecule has 0 saturated heterocycles. The molecular formula is C10H10N4OS. The largest absolute Gasteiger partial charge is 0.351 e. The van der Waals surface area contributed by atoms with Crippen molar-refractivity contribution in [1.82, 2.24) is 9.19 Å². The Labute approximate surface area is 97.8 Å². The van der Waals surface area contributed by atoms with E-state index in [1.54, 1.807) is 6.07 Å². The molecule has 0 aliphatic carbocycles. The molecule has 0 fully saturated rings. The van der Waals surface area contributed by atoms with Crippen LogP contribution in [0, 0.1) is 0 Å². The number of amides is 2. The Balaban J connectivity index is 2.34. The molecule has 1 heterocycles. The topological polar surface area (TPSA) is 72.9 Å². The molecule has 2 amide bonds. The minimum Gasteiger partial charge on any atom is -0.351 e. The number of benzene rings is 1. The van der Waals surface area contributed by atoms with Gasteiger partial charge in [-0.2, -0.15) is 9.19 Å². The van der Waals surface area contributed by atoms with Crippen LogP contribution < -0.4 is 11.1 Å². The summed E-state index contributed by atoms with van der Waals surface area (Å²) in [4.78, 5) is 10.7. The zero-order chi connectivity index (χ0) is 11.5. The molecule has 0 spiro atoms. The average Bonchev–Trinajstić information content (AvgIpc) is 2.61. The van der Waals surface area contributed by atoms with Gasteiger partial charge in [0, 0.05) is 11.6 Å². The number of carbonyl (C=O) groups is 1. The van der Waals surface area contributed by atoms with Gasteiger partial charge in [0.2, 0.25) is 0 Å². The van der Waals surface area contributed by atoms with Crippen LogP contribution in [0.4, 0.5) is 10.6 Å². The second kappa shape index (κ2) is 4.28. The Morgan fingerprint density at radius 1 is 1.38 bits per heavy atom. The molecule has 0 atom stereocenters. The SMILES string of the molecule is NC(=O)Nc1cc(-c2ccccc2)nn1S. The van der Waals surface area contributed by atoms with E-state index >= 15 is 0 Å². The second-order valence-electron chi connectivity index (χ2n) is 3.16. The van der Waals surface area contributed by atoms with E-state index in [9.17, 15) is 4.79 Å². The highest BCUT2D eigenvalue weighted by Gasteiger charge is 2.08. The van der Waals surface area contributed by atoms with Crippen molar-refractivity contribution >= 4 is 24.7 Å². The molecule has 0 aliphatic rings. The smallest absolute Gasteiger partial charge is 0.317 e. The van der Waals surface area contributed by atoms with Gasteiger partial charge in [-0.25, -0.2) is 4.79 Å². The van der Waals surface area contributed by atoms with Crippen LogP contribution in [0.25, 0.3) is 11.3 Å². The predicted octanol–water partition coefficient (Wildman–Crippen LogP) is 1.73. The molecule has 0 bridgehead atoms. The summed E-state index contributed by atoms with van der Waals surface area (Å²) in [5.41, 5.74) is 6.68. The van der Waals surface area contributed by atoms with Gasteiger partial charge < -0.3 is 5.73 Å². The summed E-state index contributed by atoms with van der Waals surface area (Å²) in [5, 5.41) is 6.57. The fraction of sp³-hybridized carbons (Fsp3) is 0. The zero-order valence-corrected chi connectivity index (χ0v) is 9.19. The average molecular weight is 234 g/mol. The number of carbonyl (C=O) groups excluding carboxylic acids is 1. The van der Waals surface area contributed by atoms with E-state index in [1.807, 2.05) is 30.3 Å². The fourth-order valence-electron chi connectivity index (χ4n) is 1.33. The van der Waals surface area contributed by atoms with Gasteiger partial charge in [-0.1, -0.05) is 30.3 Å². The van der Waals surface area contributed by atoms with E-state index in [0.29, 0.717) is 5.82 Å². The van der Waals surface area contributed by atoms with Crippen molar-refractivity contribution in [3.8, 4) is 11.3 Å². The highest BCUT2D eigenvalue weighted by Crippen LogP contribution is 2.21. The summed E-state index contributed by atoms with van der Waals surface area (Å²) in [7, 11) is 0. The number of thiol groups is 1. The molecule has 0 saturated carbocycles. The van der Waals surface area contributed by atoms with E-state index in [1.165, 1.54) is 4.09 Å². The summed E-state index contributed by atoms with van der Waals surface area (Å²) in [6.45, 7) is 0.